The van der Waals surface area contributed by atoms with Crippen LogP contribution >= 0.6 is 22.9 Å². The predicted molar refractivity (Wildman–Crippen MR) is 116 cm³/mol. The molecule has 0 aliphatic rings. The average Bonchev–Trinajstić information content (AvgIpc) is 2.59. The molecule has 0 saturated carbocycles. The standard InChI is InChI=1S/C21H42INO/c1-3-5-7-9-11-12-13-14-15-17-19-21(24)23(22)20-18-16-10-8-6-4-2/h3-20H2,1-2H3. The van der Waals surface area contributed by atoms with Crippen molar-refractivity contribution in [1.29, 1.82) is 0 Å². The van der Waals surface area contributed by atoms with Gasteiger partial charge in [-0.05, 0) is 12.8 Å². The Morgan fingerprint density at radius 1 is 0.625 bits per heavy atom. The highest BCUT2D eigenvalue weighted by Crippen LogP contribution is 2.14. The Morgan fingerprint density at radius 2 is 1.00 bits per heavy atom. The Kier molecular flexibility index (Phi) is 19.7. The lowest BCUT2D eigenvalue weighted by atomic mass is 10.1. The van der Waals surface area contributed by atoms with Gasteiger partial charge in [-0.2, -0.15) is 0 Å². The number of carbonyl (C=O) groups excluding carboxylic acids is 1. The molecule has 0 aromatic carbocycles. The van der Waals surface area contributed by atoms with Crippen molar-refractivity contribution in [3.05, 3.63) is 0 Å². The summed E-state index contributed by atoms with van der Waals surface area (Å²) in [7, 11) is 0. The molecule has 0 saturated heterocycles. The molecule has 0 aromatic rings. The largest absolute Gasteiger partial charge is 0.285 e. The maximum Gasteiger partial charge on any atom is 0.231 e. The molecule has 0 bridgehead atoms. The van der Waals surface area contributed by atoms with E-state index in [9.17, 15) is 4.79 Å². The fourth-order valence-corrected chi connectivity index (χ4v) is 3.62. The molecule has 0 radical (unpaired) electrons. The molecule has 2 nitrogen and oxygen atoms in total. The minimum atomic E-state index is 0.337. The number of hydrogen-bond acceptors (Lipinski definition) is 1. The van der Waals surface area contributed by atoms with Gasteiger partial charge in [-0.25, -0.2) is 0 Å². The summed E-state index contributed by atoms with van der Waals surface area (Å²) in [6.45, 7) is 5.45. The van der Waals surface area contributed by atoms with Gasteiger partial charge in [0.15, 0.2) is 0 Å². The minimum absolute atomic E-state index is 0.337. The van der Waals surface area contributed by atoms with Crippen molar-refractivity contribution < 1.29 is 4.79 Å². The predicted octanol–water partition coefficient (Wildman–Crippen LogP) is 7.84. The second-order valence-corrected chi connectivity index (χ2v) is 8.34. The normalized spacial score (nSPS) is 11.0. The first-order chi connectivity index (χ1) is 11.7. The molecule has 0 N–H and O–H groups in total. The molecule has 0 aromatic heterocycles. The zero-order valence-corrected chi connectivity index (χ0v) is 18.6. The maximum atomic E-state index is 12.1. The lowest BCUT2D eigenvalue weighted by Crippen LogP contribution is -2.21. The summed E-state index contributed by atoms with van der Waals surface area (Å²) >= 11 is 2.21. The van der Waals surface area contributed by atoms with Crippen LogP contribution in [0.1, 0.15) is 123 Å². The van der Waals surface area contributed by atoms with Crippen LogP contribution in [0.15, 0.2) is 0 Å². The quantitative estimate of drug-likeness (QED) is 0.118. The van der Waals surface area contributed by atoms with Crippen LogP contribution in [-0.4, -0.2) is 15.6 Å². The van der Waals surface area contributed by atoms with Gasteiger partial charge in [0, 0.05) is 13.0 Å². The first kappa shape index (κ1) is 24.2. The van der Waals surface area contributed by atoms with Gasteiger partial charge >= 0.3 is 0 Å². The van der Waals surface area contributed by atoms with E-state index in [1.54, 1.807) is 0 Å². The van der Waals surface area contributed by atoms with E-state index >= 15 is 0 Å². The monoisotopic (exact) mass is 451 g/mol. The zero-order chi connectivity index (χ0) is 17.9. The van der Waals surface area contributed by atoms with Crippen molar-refractivity contribution in [2.45, 2.75) is 123 Å². The van der Waals surface area contributed by atoms with E-state index < -0.39 is 0 Å². The van der Waals surface area contributed by atoms with Crippen molar-refractivity contribution in [2.75, 3.05) is 6.54 Å². The molecule has 3 heteroatoms. The van der Waals surface area contributed by atoms with Gasteiger partial charge in [-0.15, -0.1) is 0 Å². The summed E-state index contributed by atoms with van der Waals surface area (Å²) in [6, 6.07) is 0. The van der Waals surface area contributed by atoms with Gasteiger partial charge in [0.2, 0.25) is 5.91 Å². The van der Waals surface area contributed by atoms with Crippen molar-refractivity contribution in [3.8, 4) is 0 Å². The summed E-state index contributed by atoms with van der Waals surface area (Å²) in [5, 5.41) is 0. The third-order valence-corrected chi connectivity index (χ3v) is 5.74. The number of rotatable bonds is 18. The zero-order valence-electron chi connectivity index (χ0n) is 16.5. The Balaban J connectivity index is 3.32. The van der Waals surface area contributed by atoms with Gasteiger partial charge in [-0.1, -0.05) is 104 Å². The molecule has 1 amide bonds. The Labute approximate surface area is 166 Å². The molecule has 0 aliphatic carbocycles. The van der Waals surface area contributed by atoms with Gasteiger partial charge < -0.3 is 0 Å². The number of hydrogen-bond donors (Lipinski definition) is 0. The van der Waals surface area contributed by atoms with Crippen LogP contribution in [0.2, 0.25) is 0 Å². The van der Waals surface area contributed by atoms with E-state index in [1.165, 1.54) is 89.9 Å². The highest BCUT2D eigenvalue weighted by molar-refractivity contribution is 14.1. The summed E-state index contributed by atoms with van der Waals surface area (Å²) < 4.78 is 1.92. The number of carbonyl (C=O) groups is 1. The van der Waals surface area contributed by atoms with Gasteiger partial charge in [0.25, 0.3) is 0 Å². The molecular formula is C21H42INO. The lowest BCUT2D eigenvalue weighted by molar-refractivity contribution is -0.125. The van der Waals surface area contributed by atoms with Crippen LogP contribution in [0.3, 0.4) is 0 Å². The topological polar surface area (TPSA) is 20.3 Å². The van der Waals surface area contributed by atoms with Crippen LogP contribution < -0.4 is 0 Å². The fourth-order valence-electron chi connectivity index (χ4n) is 3.04. The van der Waals surface area contributed by atoms with Crippen molar-refractivity contribution in [3.63, 3.8) is 0 Å². The third-order valence-electron chi connectivity index (χ3n) is 4.72. The number of halogens is 1. The number of nitrogens with zero attached hydrogens (tertiary/aromatic N) is 1. The van der Waals surface area contributed by atoms with Crippen LogP contribution in [0, 0.1) is 0 Å². The molecule has 0 heterocycles. The smallest absolute Gasteiger partial charge is 0.231 e. The van der Waals surface area contributed by atoms with Crippen LogP contribution in [0.5, 0.6) is 0 Å². The van der Waals surface area contributed by atoms with E-state index in [0.29, 0.717) is 5.91 Å². The van der Waals surface area contributed by atoms with E-state index in [4.69, 9.17) is 0 Å². The molecule has 144 valence electrons. The van der Waals surface area contributed by atoms with Crippen LogP contribution in [0.25, 0.3) is 0 Å². The van der Waals surface area contributed by atoms with E-state index in [-0.39, 0.29) is 0 Å². The summed E-state index contributed by atoms with van der Waals surface area (Å²) in [4.78, 5) is 12.1. The molecule has 0 aliphatic heterocycles. The minimum Gasteiger partial charge on any atom is -0.285 e. The summed E-state index contributed by atoms with van der Waals surface area (Å²) in [5.41, 5.74) is 0. The first-order valence-electron chi connectivity index (χ1n) is 10.7. The van der Waals surface area contributed by atoms with Crippen molar-refractivity contribution in [1.82, 2.24) is 3.11 Å². The average molecular weight is 451 g/mol. The van der Waals surface area contributed by atoms with Crippen molar-refractivity contribution in [2.24, 2.45) is 0 Å². The highest BCUT2D eigenvalue weighted by atomic mass is 127. The van der Waals surface area contributed by atoms with Crippen LogP contribution in [-0.2, 0) is 4.79 Å². The molecule has 0 spiro atoms. The SMILES string of the molecule is CCCCCCCCCCCCC(=O)N(I)CCCCCCCC. The third kappa shape index (κ3) is 17.0. The summed E-state index contributed by atoms with van der Waals surface area (Å²) in [6.07, 6.45) is 21.8. The molecular weight excluding hydrogens is 409 g/mol. The molecule has 24 heavy (non-hydrogen) atoms. The fraction of sp³-hybridized carbons (Fsp3) is 0.952. The van der Waals surface area contributed by atoms with E-state index in [2.05, 4.69) is 36.7 Å². The first-order valence-corrected chi connectivity index (χ1v) is 11.6. The Bertz CT molecular complexity index is 271. The van der Waals surface area contributed by atoms with Gasteiger partial charge in [0.05, 0.1) is 22.9 Å². The number of amides is 1. The second-order valence-electron chi connectivity index (χ2n) is 7.18. The maximum absolute atomic E-state index is 12.1. The highest BCUT2D eigenvalue weighted by Gasteiger charge is 2.09. The lowest BCUT2D eigenvalue weighted by Gasteiger charge is -2.14. The summed E-state index contributed by atoms with van der Waals surface area (Å²) in [5.74, 6) is 0.337. The Morgan fingerprint density at radius 3 is 1.46 bits per heavy atom. The van der Waals surface area contributed by atoms with Gasteiger partial charge in [0.1, 0.15) is 0 Å². The van der Waals surface area contributed by atoms with Crippen LogP contribution in [0.4, 0.5) is 0 Å². The second kappa shape index (κ2) is 19.5. The molecule has 0 atom stereocenters. The number of unbranched alkanes of at least 4 members (excludes halogenated alkanes) is 14. The molecule has 0 rings (SSSR count). The molecule has 0 unspecified atom stereocenters. The molecule has 0 fully saturated rings. The Hall–Kier alpha value is 0.200. The van der Waals surface area contributed by atoms with E-state index in [1.807, 2.05) is 3.11 Å². The van der Waals surface area contributed by atoms with E-state index in [0.717, 1.165) is 25.8 Å². The van der Waals surface area contributed by atoms with Gasteiger partial charge in [-0.3, -0.25) is 7.91 Å². The van der Waals surface area contributed by atoms with Crippen molar-refractivity contribution >= 4 is 28.8 Å².